The topological polar surface area (TPSA) is 56.3 Å². The maximum atomic E-state index is 14.0. The van der Waals surface area contributed by atoms with Gasteiger partial charge in [0.05, 0.1) is 24.7 Å². The second-order valence-corrected chi connectivity index (χ2v) is 6.38. The molecule has 0 aliphatic carbocycles. The van der Waals surface area contributed by atoms with E-state index in [0.29, 0.717) is 23.0 Å². The molecule has 0 saturated carbocycles. The van der Waals surface area contributed by atoms with Crippen molar-refractivity contribution in [3.05, 3.63) is 76.3 Å². The van der Waals surface area contributed by atoms with Gasteiger partial charge < -0.3 is 14.8 Å². The van der Waals surface area contributed by atoms with Gasteiger partial charge >= 0.3 is 0 Å². The summed E-state index contributed by atoms with van der Waals surface area (Å²) in [6.45, 7) is 0. The molecule has 134 valence electrons. The van der Waals surface area contributed by atoms with Crippen LogP contribution in [0.3, 0.4) is 0 Å². The lowest BCUT2D eigenvalue weighted by atomic mass is 9.97. The third-order valence-electron chi connectivity index (χ3n) is 3.82. The quantitative estimate of drug-likeness (QED) is 0.635. The van der Waals surface area contributed by atoms with Gasteiger partial charge in [-0.2, -0.15) is 0 Å². The molecule has 1 unspecified atom stereocenters. The van der Waals surface area contributed by atoms with Crippen molar-refractivity contribution in [3.8, 4) is 11.5 Å². The molecule has 3 rings (SSSR count). The molecule has 5 nitrogen and oxygen atoms in total. The van der Waals surface area contributed by atoms with E-state index in [1.54, 1.807) is 32.7 Å². The highest BCUT2D eigenvalue weighted by atomic mass is 79.9. The summed E-state index contributed by atoms with van der Waals surface area (Å²) < 4.78 is 25.5. The molecule has 0 aliphatic heterocycles. The van der Waals surface area contributed by atoms with Gasteiger partial charge in [0.2, 0.25) is 5.95 Å². The Bertz CT molecular complexity index is 890. The number of hydrogen-bond donors (Lipinski definition) is 1. The number of methoxy groups -OCH3 is 2. The van der Waals surface area contributed by atoms with Crippen molar-refractivity contribution in [1.82, 2.24) is 9.97 Å². The molecule has 2 aromatic carbocycles. The zero-order valence-corrected chi connectivity index (χ0v) is 15.8. The average molecular weight is 418 g/mol. The molecule has 0 bridgehead atoms. The molecule has 3 aromatic rings. The lowest BCUT2D eigenvalue weighted by molar-refractivity contribution is 0.406. The minimum atomic E-state index is -0.433. The zero-order valence-electron chi connectivity index (χ0n) is 14.2. The van der Waals surface area contributed by atoms with Gasteiger partial charge in [-0.1, -0.05) is 12.1 Å². The number of anilines is 1. The van der Waals surface area contributed by atoms with Gasteiger partial charge in [0.1, 0.15) is 17.3 Å². The molecular formula is C19H17BrFN3O2. The van der Waals surface area contributed by atoms with Crippen LogP contribution in [0, 0.1) is 5.82 Å². The molecule has 7 heteroatoms. The molecule has 0 saturated heterocycles. The van der Waals surface area contributed by atoms with Gasteiger partial charge in [0.15, 0.2) is 0 Å². The first kappa shape index (κ1) is 18.1. The van der Waals surface area contributed by atoms with Crippen molar-refractivity contribution in [2.75, 3.05) is 19.5 Å². The fourth-order valence-corrected chi connectivity index (χ4v) is 2.81. The van der Waals surface area contributed by atoms with E-state index in [1.807, 2.05) is 24.3 Å². The van der Waals surface area contributed by atoms with Crippen LogP contribution < -0.4 is 14.8 Å². The largest absolute Gasteiger partial charge is 0.497 e. The highest BCUT2D eigenvalue weighted by molar-refractivity contribution is 9.10. The Labute approximate surface area is 159 Å². The second kappa shape index (κ2) is 8.14. The minimum Gasteiger partial charge on any atom is -0.497 e. The molecule has 26 heavy (non-hydrogen) atoms. The fourth-order valence-electron chi connectivity index (χ4n) is 2.61. The number of nitrogens with one attached hydrogen (secondary N) is 1. The van der Waals surface area contributed by atoms with Crippen LogP contribution in [0.25, 0.3) is 0 Å². The molecular weight excluding hydrogens is 401 g/mol. The van der Waals surface area contributed by atoms with Crippen LogP contribution >= 0.6 is 15.9 Å². The van der Waals surface area contributed by atoms with Gasteiger partial charge in [-0.15, -0.1) is 0 Å². The number of hydrogen-bond acceptors (Lipinski definition) is 5. The summed E-state index contributed by atoms with van der Waals surface area (Å²) in [5.74, 6) is 1.31. The van der Waals surface area contributed by atoms with Crippen molar-refractivity contribution in [2.24, 2.45) is 0 Å². The average Bonchev–Trinajstić information content (AvgIpc) is 2.67. The zero-order chi connectivity index (χ0) is 18.5. The summed E-state index contributed by atoms with van der Waals surface area (Å²) in [6.07, 6.45) is 3.28. The lowest BCUT2D eigenvalue weighted by Crippen LogP contribution is -2.15. The molecule has 0 spiro atoms. The van der Waals surface area contributed by atoms with E-state index in [-0.39, 0.29) is 5.82 Å². The highest BCUT2D eigenvalue weighted by Gasteiger charge is 2.21. The predicted octanol–water partition coefficient (Wildman–Crippen LogP) is 4.60. The molecule has 0 radical (unpaired) electrons. The van der Waals surface area contributed by atoms with Gasteiger partial charge in [-0.3, -0.25) is 0 Å². The maximum Gasteiger partial charge on any atom is 0.223 e. The van der Waals surface area contributed by atoms with Crippen LogP contribution in [-0.2, 0) is 0 Å². The Balaban J connectivity index is 2.09. The van der Waals surface area contributed by atoms with Crippen molar-refractivity contribution < 1.29 is 13.9 Å². The maximum absolute atomic E-state index is 14.0. The second-order valence-electron chi connectivity index (χ2n) is 5.47. The molecule has 1 N–H and O–H groups in total. The number of ether oxygens (including phenoxy) is 2. The third-order valence-corrected chi connectivity index (χ3v) is 4.23. The summed E-state index contributed by atoms with van der Waals surface area (Å²) in [6, 6.07) is 11.5. The van der Waals surface area contributed by atoms with E-state index in [9.17, 15) is 4.39 Å². The van der Waals surface area contributed by atoms with E-state index in [1.165, 1.54) is 12.1 Å². The van der Waals surface area contributed by atoms with Crippen molar-refractivity contribution in [2.45, 2.75) is 6.04 Å². The first-order chi connectivity index (χ1) is 12.6. The van der Waals surface area contributed by atoms with Crippen LogP contribution in [-0.4, -0.2) is 24.2 Å². The smallest absolute Gasteiger partial charge is 0.223 e. The summed E-state index contributed by atoms with van der Waals surface area (Å²) in [4.78, 5) is 8.51. The van der Waals surface area contributed by atoms with Gasteiger partial charge in [0, 0.05) is 18.0 Å². The van der Waals surface area contributed by atoms with Gasteiger partial charge in [-0.25, -0.2) is 14.4 Å². The molecule has 0 fully saturated rings. The summed E-state index contributed by atoms with van der Waals surface area (Å²) >= 11 is 3.31. The van der Waals surface area contributed by atoms with E-state index < -0.39 is 6.04 Å². The van der Waals surface area contributed by atoms with Crippen LogP contribution in [0.4, 0.5) is 10.3 Å². The minimum absolute atomic E-state index is 0.354. The summed E-state index contributed by atoms with van der Waals surface area (Å²) in [7, 11) is 3.15. The Kier molecular flexibility index (Phi) is 5.68. The normalized spacial score (nSPS) is 11.7. The number of rotatable bonds is 6. The monoisotopic (exact) mass is 417 g/mol. The molecule has 1 atom stereocenters. The Hall–Kier alpha value is -2.67. The van der Waals surface area contributed by atoms with Crippen LogP contribution in [0.15, 0.2) is 59.3 Å². The van der Waals surface area contributed by atoms with E-state index in [2.05, 4.69) is 31.2 Å². The molecule has 1 heterocycles. The van der Waals surface area contributed by atoms with E-state index >= 15 is 0 Å². The van der Waals surface area contributed by atoms with Gasteiger partial charge in [-0.05, 0) is 51.8 Å². The standard InChI is InChI=1S/C19H17BrFN3O2/c1-25-15-5-3-4-12(8-15)18(24-19-22-10-13(20)11-23-19)16-9-14(21)6-7-17(16)26-2/h3-11,18H,1-2H3,(H,22,23,24). The summed E-state index contributed by atoms with van der Waals surface area (Å²) in [5.41, 5.74) is 1.49. The summed E-state index contributed by atoms with van der Waals surface area (Å²) in [5, 5.41) is 3.25. The lowest BCUT2D eigenvalue weighted by Gasteiger charge is -2.22. The van der Waals surface area contributed by atoms with Crippen LogP contribution in [0.1, 0.15) is 17.2 Å². The number of halogens is 2. The van der Waals surface area contributed by atoms with Crippen LogP contribution in [0.5, 0.6) is 11.5 Å². The van der Waals surface area contributed by atoms with Gasteiger partial charge in [0.25, 0.3) is 0 Å². The number of benzene rings is 2. The predicted molar refractivity (Wildman–Crippen MR) is 101 cm³/mol. The van der Waals surface area contributed by atoms with Crippen molar-refractivity contribution >= 4 is 21.9 Å². The number of aromatic nitrogens is 2. The molecule has 0 amide bonds. The molecule has 0 aliphatic rings. The Morgan fingerprint density at radius 3 is 2.50 bits per heavy atom. The van der Waals surface area contributed by atoms with E-state index in [0.717, 1.165) is 10.0 Å². The fraction of sp³-hybridized carbons (Fsp3) is 0.158. The number of nitrogens with zero attached hydrogens (tertiary/aromatic N) is 2. The third kappa shape index (κ3) is 4.11. The first-order valence-electron chi connectivity index (χ1n) is 7.82. The SMILES string of the molecule is COc1cccc(C(Nc2ncc(Br)cn2)c2cc(F)ccc2OC)c1. The highest BCUT2D eigenvalue weighted by Crippen LogP contribution is 2.34. The van der Waals surface area contributed by atoms with Crippen molar-refractivity contribution in [1.29, 1.82) is 0 Å². The first-order valence-corrected chi connectivity index (χ1v) is 8.61. The Morgan fingerprint density at radius 2 is 1.81 bits per heavy atom. The van der Waals surface area contributed by atoms with Crippen LogP contribution in [0.2, 0.25) is 0 Å². The Morgan fingerprint density at radius 1 is 1.04 bits per heavy atom. The molecule has 1 aromatic heterocycles. The van der Waals surface area contributed by atoms with E-state index in [4.69, 9.17) is 9.47 Å². The van der Waals surface area contributed by atoms with Crippen molar-refractivity contribution in [3.63, 3.8) is 0 Å².